The summed E-state index contributed by atoms with van der Waals surface area (Å²) in [6.07, 6.45) is -4.52. The number of amides is 1. The molecule has 152 valence electrons. The Hall–Kier alpha value is -2.38. The van der Waals surface area contributed by atoms with Crippen LogP contribution in [0.2, 0.25) is 0 Å². The van der Waals surface area contributed by atoms with E-state index in [0.717, 1.165) is 12.5 Å². The molecule has 28 heavy (non-hydrogen) atoms. The van der Waals surface area contributed by atoms with Crippen molar-refractivity contribution in [2.45, 2.75) is 31.5 Å². The van der Waals surface area contributed by atoms with Gasteiger partial charge in [0.15, 0.2) is 0 Å². The molecule has 0 spiro atoms. The maximum absolute atomic E-state index is 13.0. The normalized spacial score (nSPS) is 12.6. The Morgan fingerprint density at radius 2 is 1.71 bits per heavy atom. The number of alkyl halides is 3. The molecule has 2 aromatic rings. The van der Waals surface area contributed by atoms with Gasteiger partial charge < -0.3 is 15.2 Å². The van der Waals surface area contributed by atoms with Crippen molar-refractivity contribution >= 4 is 5.91 Å². The van der Waals surface area contributed by atoms with Gasteiger partial charge in [-0.05, 0) is 30.0 Å². The van der Waals surface area contributed by atoms with Crippen LogP contribution in [-0.2, 0) is 22.1 Å². The van der Waals surface area contributed by atoms with Gasteiger partial charge in [0.2, 0.25) is 5.91 Å². The second-order valence-electron chi connectivity index (χ2n) is 6.36. The summed E-state index contributed by atoms with van der Waals surface area (Å²) in [5.74, 6) is -0.338. The van der Waals surface area contributed by atoms with Crippen LogP contribution in [0.3, 0.4) is 0 Å². The minimum absolute atomic E-state index is 0.180. The fourth-order valence-corrected chi connectivity index (χ4v) is 2.73. The molecule has 0 aromatic heterocycles. The van der Waals surface area contributed by atoms with Crippen molar-refractivity contribution in [1.82, 2.24) is 5.32 Å². The number of rotatable bonds is 10. The van der Waals surface area contributed by atoms with Gasteiger partial charge in [-0.15, -0.1) is 0 Å². The number of benzene rings is 2. The summed E-state index contributed by atoms with van der Waals surface area (Å²) in [5, 5.41) is 12.5. The van der Waals surface area contributed by atoms with E-state index in [1.54, 1.807) is 0 Å². The van der Waals surface area contributed by atoms with Crippen LogP contribution < -0.4 is 5.32 Å². The zero-order valence-electron chi connectivity index (χ0n) is 15.4. The van der Waals surface area contributed by atoms with E-state index in [9.17, 15) is 23.1 Å². The van der Waals surface area contributed by atoms with Gasteiger partial charge >= 0.3 is 6.18 Å². The van der Waals surface area contributed by atoms with Gasteiger partial charge in [0.05, 0.1) is 18.3 Å². The second kappa shape index (κ2) is 10.8. The number of nitrogens with one attached hydrogen (secondary N) is 1. The fourth-order valence-electron chi connectivity index (χ4n) is 2.73. The molecule has 7 heteroatoms. The average molecular weight is 395 g/mol. The molecule has 0 saturated heterocycles. The van der Waals surface area contributed by atoms with Crippen LogP contribution >= 0.6 is 0 Å². The molecule has 0 bridgehead atoms. The number of aliphatic hydroxyl groups is 1. The van der Waals surface area contributed by atoms with E-state index in [1.165, 1.54) is 23.8 Å². The van der Waals surface area contributed by atoms with Gasteiger partial charge in [-0.25, -0.2) is 0 Å². The number of ether oxygens (including phenoxy) is 1. The van der Waals surface area contributed by atoms with Crippen molar-refractivity contribution in [3.8, 4) is 0 Å². The summed E-state index contributed by atoms with van der Waals surface area (Å²) >= 11 is 0. The summed E-state index contributed by atoms with van der Waals surface area (Å²) in [4.78, 5) is 11.8. The molecule has 0 aliphatic heterocycles. The standard InChI is InChI=1S/C21H24F3NO3/c22-21(23,24)18-10-5-4-9-17(18)19(26)15-25-20(27)11-6-13-28-14-12-16-7-2-1-3-8-16/h1-5,7-10,19,26H,6,11-15H2,(H,25,27). The van der Waals surface area contributed by atoms with Gasteiger partial charge in [0, 0.05) is 19.6 Å². The van der Waals surface area contributed by atoms with Crippen LogP contribution in [-0.4, -0.2) is 30.8 Å². The van der Waals surface area contributed by atoms with Gasteiger partial charge in [-0.2, -0.15) is 13.2 Å². The van der Waals surface area contributed by atoms with Crippen molar-refractivity contribution in [3.63, 3.8) is 0 Å². The zero-order valence-corrected chi connectivity index (χ0v) is 15.4. The van der Waals surface area contributed by atoms with Crippen molar-refractivity contribution in [2.24, 2.45) is 0 Å². The Morgan fingerprint density at radius 3 is 2.43 bits per heavy atom. The third kappa shape index (κ3) is 7.32. The van der Waals surface area contributed by atoms with Crippen LogP contribution in [0.5, 0.6) is 0 Å². The second-order valence-corrected chi connectivity index (χ2v) is 6.36. The molecule has 0 aliphatic rings. The number of aliphatic hydroxyl groups excluding tert-OH is 1. The zero-order chi connectivity index (χ0) is 20.4. The molecule has 2 rings (SSSR count). The largest absolute Gasteiger partial charge is 0.416 e. The highest BCUT2D eigenvalue weighted by atomic mass is 19.4. The predicted octanol–water partition coefficient (Wildman–Crippen LogP) is 3.89. The summed E-state index contributed by atoms with van der Waals surface area (Å²) in [6, 6.07) is 14.7. The average Bonchev–Trinajstić information content (AvgIpc) is 2.69. The SMILES string of the molecule is O=C(CCCOCCc1ccccc1)NCC(O)c1ccccc1C(F)(F)F. The molecular weight excluding hydrogens is 371 g/mol. The smallest absolute Gasteiger partial charge is 0.387 e. The molecular formula is C21H24F3NO3. The lowest BCUT2D eigenvalue weighted by Crippen LogP contribution is -2.29. The van der Waals surface area contributed by atoms with E-state index in [0.29, 0.717) is 19.6 Å². The minimum Gasteiger partial charge on any atom is -0.387 e. The predicted molar refractivity (Wildman–Crippen MR) is 99.6 cm³/mol. The number of hydrogen-bond acceptors (Lipinski definition) is 3. The molecule has 1 atom stereocenters. The van der Waals surface area contributed by atoms with Gasteiger partial charge in [-0.1, -0.05) is 48.5 Å². The maximum Gasteiger partial charge on any atom is 0.416 e. The number of carbonyl (C=O) groups is 1. The van der Waals surface area contributed by atoms with E-state index < -0.39 is 17.8 Å². The Morgan fingerprint density at radius 1 is 1.04 bits per heavy atom. The Labute approximate surface area is 162 Å². The van der Waals surface area contributed by atoms with E-state index >= 15 is 0 Å². The molecule has 2 aromatic carbocycles. The van der Waals surface area contributed by atoms with Crippen LogP contribution in [0.15, 0.2) is 54.6 Å². The number of carbonyl (C=O) groups excluding carboxylic acids is 1. The molecule has 0 saturated carbocycles. The summed E-state index contributed by atoms with van der Waals surface area (Å²) in [7, 11) is 0. The van der Waals surface area contributed by atoms with E-state index in [4.69, 9.17) is 4.74 Å². The molecule has 1 unspecified atom stereocenters. The first-order valence-corrected chi connectivity index (χ1v) is 9.10. The third-order valence-corrected chi connectivity index (χ3v) is 4.19. The quantitative estimate of drug-likeness (QED) is 0.600. The first-order valence-electron chi connectivity index (χ1n) is 9.10. The Kier molecular flexibility index (Phi) is 8.47. The summed E-state index contributed by atoms with van der Waals surface area (Å²) < 4.78 is 44.4. The van der Waals surface area contributed by atoms with Crippen LogP contribution in [0.25, 0.3) is 0 Å². The Balaban J connectivity index is 1.65. The van der Waals surface area contributed by atoms with Crippen molar-refractivity contribution in [2.75, 3.05) is 19.8 Å². The number of halogens is 3. The van der Waals surface area contributed by atoms with Crippen molar-refractivity contribution < 1.29 is 27.8 Å². The highest BCUT2D eigenvalue weighted by Crippen LogP contribution is 2.34. The van der Waals surface area contributed by atoms with Crippen molar-refractivity contribution in [3.05, 3.63) is 71.3 Å². The van der Waals surface area contributed by atoms with Crippen LogP contribution in [0.4, 0.5) is 13.2 Å². The van der Waals surface area contributed by atoms with E-state index in [-0.39, 0.29) is 24.4 Å². The van der Waals surface area contributed by atoms with Crippen molar-refractivity contribution in [1.29, 1.82) is 0 Å². The van der Waals surface area contributed by atoms with Gasteiger partial charge in [0.25, 0.3) is 0 Å². The monoisotopic (exact) mass is 395 g/mol. The highest BCUT2D eigenvalue weighted by molar-refractivity contribution is 5.75. The molecule has 0 fully saturated rings. The fraction of sp³-hybridized carbons (Fsp3) is 0.381. The summed E-state index contributed by atoms with van der Waals surface area (Å²) in [6.45, 7) is 0.694. The summed E-state index contributed by atoms with van der Waals surface area (Å²) in [5.41, 5.74) is 0.0245. The number of hydrogen-bond donors (Lipinski definition) is 2. The minimum atomic E-state index is -4.56. The molecule has 2 N–H and O–H groups in total. The van der Waals surface area contributed by atoms with Gasteiger partial charge in [-0.3, -0.25) is 4.79 Å². The highest BCUT2D eigenvalue weighted by Gasteiger charge is 2.34. The molecule has 1 amide bonds. The molecule has 4 nitrogen and oxygen atoms in total. The lowest BCUT2D eigenvalue weighted by Gasteiger charge is -2.18. The third-order valence-electron chi connectivity index (χ3n) is 4.19. The first-order chi connectivity index (χ1) is 13.4. The maximum atomic E-state index is 13.0. The topological polar surface area (TPSA) is 58.6 Å². The lowest BCUT2D eigenvalue weighted by atomic mass is 10.0. The van der Waals surface area contributed by atoms with E-state index in [2.05, 4.69) is 5.32 Å². The molecule has 0 aliphatic carbocycles. The van der Waals surface area contributed by atoms with E-state index in [1.807, 2.05) is 30.3 Å². The molecule has 0 radical (unpaired) electrons. The van der Waals surface area contributed by atoms with Gasteiger partial charge in [0.1, 0.15) is 0 Å². The molecule has 0 heterocycles. The van der Waals surface area contributed by atoms with Crippen LogP contribution in [0, 0.1) is 0 Å². The Bertz CT molecular complexity index is 735. The van der Waals surface area contributed by atoms with Crippen LogP contribution in [0.1, 0.15) is 35.6 Å². The lowest BCUT2D eigenvalue weighted by molar-refractivity contribution is -0.139. The first kappa shape index (κ1) is 21.9.